The molecule has 21 heavy (non-hydrogen) atoms. The minimum absolute atomic E-state index is 0.0882. The number of ether oxygens (including phenoxy) is 1. The van der Waals surface area contributed by atoms with Gasteiger partial charge in [0.05, 0.1) is 5.92 Å². The summed E-state index contributed by atoms with van der Waals surface area (Å²) in [6.45, 7) is 1.86. The monoisotopic (exact) mass is 323 g/mol. The van der Waals surface area contributed by atoms with E-state index in [2.05, 4.69) is 0 Å². The van der Waals surface area contributed by atoms with Gasteiger partial charge in [-0.25, -0.2) is 0 Å². The van der Waals surface area contributed by atoms with E-state index in [9.17, 15) is 4.79 Å². The number of nitrogen functional groups attached to an aromatic ring is 1. The Labute approximate surface area is 133 Å². The largest absolute Gasteiger partial charge is 0.460 e. The maximum Gasteiger partial charge on any atom is 0.313 e. The normalized spacial score (nSPS) is 12.0. The summed E-state index contributed by atoms with van der Waals surface area (Å²) < 4.78 is 5.30. The standard InChI is InChI=1S/C16H15Cl2NO2/c1-10(11-3-2-4-14(19)8-11)16(20)21-9-12-7-13(17)5-6-15(12)18/h2-8,10H,9,19H2,1H3. The smallest absolute Gasteiger partial charge is 0.313 e. The van der Waals surface area contributed by atoms with Gasteiger partial charge in [-0.1, -0.05) is 35.3 Å². The molecule has 0 aliphatic heterocycles. The van der Waals surface area contributed by atoms with E-state index in [1.807, 2.05) is 12.1 Å². The lowest BCUT2D eigenvalue weighted by Crippen LogP contribution is -2.13. The molecule has 2 rings (SSSR count). The molecular weight excluding hydrogens is 309 g/mol. The predicted octanol–water partition coefficient (Wildman–Crippen LogP) is 4.42. The van der Waals surface area contributed by atoms with Crippen LogP contribution in [-0.2, 0) is 16.1 Å². The quantitative estimate of drug-likeness (QED) is 0.669. The molecule has 0 bridgehead atoms. The van der Waals surface area contributed by atoms with Crippen LogP contribution in [0.4, 0.5) is 5.69 Å². The number of benzene rings is 2. The molecule has 2 aromatic rings. The SMILES string of the molecule is CC(C(=O)OCc1cc(Cl)ccc1Cl)c1cccc(N)c1. The minimum Gasteiger partial charge on any atom is -0.460 e. The van der Waals surface area contributed by atoms with Crippen LogP contribution in [-0.4, -0.2) is 5.97 Å². The van der Waals surface area contributed by atoms with Crippen molar-refractivity contribution >= 4 is 34.9 Å². The van der Waals surface area contributed by atoms with Crippen LogP contribution in [0, 0.1) is 0 Å². The van der Waals surface area contributed by atoms with Crippen LogP contribution in [0.5, 0.6) is 0 Å². The third-order valence-electron chi connectivity index (χ3n) is 3.14. The molecule has 110 valence electrons. The van der Waals surface area contributed by atoms with Crippen LogP contribution >= 0.6 is 23.2 Å². The highest BCUT2D eigenvalue weighted by Gasteiger charge is 2.17. The molecule has 0 aliphatic rings. The second kappa shape index (κ2) is 6.83. The zero-order valence-electron chi connectivity index (χ0n) is 11.5. The van der Waals surface area contributed by atoms with E-state index in [1.165, 1.54) is 0 Å². The first-order valence-electron chi connectivity index (χ1n) is 6.43. The van der Waals surface area contributed by atoms with Gasteiger partial charge in [0.1, 0.15) is 6.61 Å². The number of anilines is 1. The highest BCUT2D eigenvalue weighted by Crippen LogP contribution is 2.23. The fraction of sp³-hybridized carbons (Fsp3) is 0.188. The Morgan fingerprint density at radius 2 is 2.00 bits per heavy atom. The molecule has 0 radical (unpaired) electrons. The molecule has 1 atom stereocenters. The van der Waals surface area contributed by atoms with Crippen molar-refractivity contribution in [3.63, 3.8) is 0 Å². The number of hydrogen-bond donors (Lipinski definition) is 1. The Kier molecular flexibility index (Phi) is 5.10. The molecule has 1 unspecified atom stereocenters. The molecule has 3 nitrogen and oxygen atoms in total. The summed E-state index contributed by atoms with van der Waals surface area (Å²) in [6, 6.07) is 12.2. The summed E-state index contributed by atoms with van der Waals surface area (Å²) in [7, 11) is 0. The third kappa shape index (κ3) is 4.13. The van der Waals surface area contributed by atoms with Crippen molar-refractivity contribution in [2.24, 2.45) is 0 Å². The Balaban J connectivity index is 2.03. The zero-order chi connectivity index (χ0) is 15.4. The van der Waals surface area contributed by atoms with Crippen molar-refractivity contribution in [1.29, 1.82) is 0 Å². The highest BCUT2D eigenvalue weighted by molar-refractivity contribution is 6.33. The van der Waals surface area contributed by atoms with Crippen molar-refractivity contribution < 1.29 is 9.53 Å². The number of esters is 1. The number of hydrogen-bond acceptors (Lipinski definition) is 3. The maximum atomic E-state index is 12.1. The Morgan fingerprint density at radius 1 is 1.24 bits per heavy atom. The second-order valence-electron chi connectivity index (χ2n) is 4.74. The van der Waals surface area contributed by atoms with Crippen molar-refractivity contribution in [1.82, 2.24) is 0 Å². The van der Waals surface area contributed by atoms with Gasteiger partial charge < -0.3 is 10.5 Å². The molecule has 0 aliphatic carbocycles. The summed E-state index contributed by atoms with van der Waals surface area (Å²) >= 11 is 11.9. The molecule has 0 aromatic heterocycles. The summed E-state index contributed by atoms with van der Waals surface area (Å²) in [6.07, 6.45) is 0. The summed E-state index contributed by atoms with van der Waals surface area (Å²) in [5, 5.41) is 1.07. The van der Waals surface area contributed by atoms with Gasteiger partial charge in [0.15, 0.2) is 0 Å². The first kappa shape index (κ1) is 15.7. The molecule has 0 fully saturated rings. The van der Waals surface area contributed by atoms with Crippen molar-refractivity contribution in [2.75, 3.05) is 5.73 Å². The Bertz CT molecular complexity index is 658. The number of carbonyl (C=O) groups excluding carboxylic acids is 1. The molecule has 0 saturated carbocycles. The number of rotatable bonds is 4. The van der Waals surface area contributed by atoms with Gasteiger partial charge in [0.25, 0.3) is 0 Å². The molecule has 0 saturated heterocycles. The molecule has 5 heteroatoms. The predicted molar refractivity (Wildman–Crippen MR) is 85.5 cm³/mol. The average molecular weight is 324 g/mol. The lowest BCUT2D eigenvalue weighted by atomic mass is 10.0. The van der Waals surface area contributed by atoms with Crippen molar-refractivity contribution in [3.05, 3.63) is 63.6 Å². The van der Waals surface area contributed by atoms with E-state index in [0.29, 0.717) is 21.3 Å². The molecule has 0 amide bonds. The fourth-order valence-electron chi connectivity index (χ4n) is 1.89. The van der Waals surface area contributed by atoms with E-state index in [0.717, 1.165) is 5.56 Å². The molecule has 2 aromatic carbocycles. The topological polar surface area (TPSA) is 52.3 Å². The summed E-state index contributed by atoms with van der Waals surface area (Å²) in [4.78, 5) is 12.1. The second-order valence-corrected chi connectivity index (χ2v) is 5.58. The first-order chi connectivity index (χ1) is 9.97. The highest BCUT2D eigenvalue weighted by atomic mass is 35.5. The third-order valence-corrected chi connectivity index (χ3v) is 3.75. The van der Waals surface area contributed by atoms with Gasteiger partial charge in [-0.3, -0.25) is 4.79 Å². The van der Waals surface area contributed by atoms with Crippen LogP contribution in [0.25, 0.3) is 0 Å². The fourth-order valence-corrected chi connectivity index (χ4v) is 2.26. The van der Waals surface area contributed by atoms with Gasteiger partial charge >= 0.3 is 5.97 Å². The van der Waals surface area contributed by atoms with Gasteiger partial charge in [0, 0.05) is 21.3 Å². The van der Waals surface area contributed by atoms with Crippen LogP contribution in [0.1, 0.15) is 24.0 Å². The first-order valence-corrected chi connectivity index (χ1v) is 7.19. The summed E-state index contributed by atoms with van der Waals surface area (Å²) in [5.41, 5.74) is 7.82. The summed E-state index contributed by atoms with van der Waals surface area (Å²) in [5.74, 6) is -0.733. The number of nitrogens with two attached hydrogens (primary N) is 1. The minimum atomic E-state index is -0.397. The maximum absolute atomic E-state index is 12.1. The lowest BCUT2D eigenvalue weighted by molar-refractivity contribution is -0.146. The zero-order valence-corrected chi connectivity index (χ0v) is 13.0. The van der Waals surface area contributed by atoms with Gasteiger partial charge in [-0.05, 0) is 42.8 Å². The average Bonchev–Trinajstić information content (AvgIpc) is 2.47. The number of halogens is 2. The molecule has 2 N–H and O–H groups in total. The van der Waals surface area contributed by atoms with Crippen LogP contribution in [0.15, 0.2) is 42.5 Å². The van der Waals surface area contributed by atoms with Crippen molar-refractivity contribution in [3.8, 4) is 0 Å². The van der Waals surface area contributed by atoms with Crippen LogP contribution < -0.4 is 5.73 Å². The molecular formula is C16H15Cl2NO2. The van der Waals surface area contributed by atoms with Crippen LogP contribution in [0.3, 0.4) is 0 Å². The van der Waals surface area contributed by atoms with Gasteiger partial charge in [-0.2, -0.15) is 0 Å². The number of carbonyl (C=O) groups is 1. The van der Waals surface area contributed by atoms with Gasteiger partial charge in [-0.15, -0.1) is 0 Å². The lowest BCUT2D eigenvalue weighted by Gasteiger charge is -2.13. The van der Waals surface area contributed by atoms with E-state index in [-0.39, 0.29) is 12.6 Å². The van der Waals surface area contributed by atoms with E-state index < -0.39 is 5.92 Å². The Morgan fingerprint density at radius 3 is 2.71 bits per heavy atom. The van der Waals surface area contributed by atoms with Crippen LogP contribution in [0.2, 0.25) is 10.0 Å². The van der Waals surface area contributed by atoms with E-state index in [1.54, 1.807) is 37.3 Å². The molecule has 0 spiro atoms. The van der Waals surface area contributed by atoms with E-state index in [4.69, 9.17) is 33.7 Å². The van der Waals surface area contributed by atoms with Crippen molar-refractivity contribution in [2.45, 2.75) is 19.4 Å². The Hall–Kier alpha value is -1.71. The molecule has 0 heterocycles. The van der Waals surface area contributed by atoms with E-state index >= 15 is 0 Å². The van der Waals surface area contributed by atoms with Gasteiger partial charge in [0.2, 0.25) is 0 Å².